The van der Waals surface area contributed by atoms with Gasteiger partial charge < -0.3 is 15.3 Å². The number of carbonyl (C=O) groups is 3. The number of alkyl halides is 3. The number of likely N-dealkylation sites (tertiary alicyclic amines) is 1. The molecule has 2 saturated heterocycles. The number of imide groups is 1. The van der Waals surface area contributed by atoms with Gasteiger partial charge in [0.2, 0.25) is 11.8 Å². The summed E-state index contributed by atoms with van der Waals surface area (Å²) in [5.41, 5.74) is 0.613. The fourth-order valence-electron chi connectivity index (χ4n) is 8.99. The van der Waals surface area contributed by atoms with E-state index in [0.717, 1.165) is 90.7 Å². The number of piperidine rings is 2. The second kappa shape index (κ2) is 15.3. The van der Waals surface area contributed by atoms with Gasteiger partial charge in [0, 0.05) is 37.2 Å². The van der Waals surface area contributed by atoms with Crippen molar-refractivity contribution in [2.24, 2.45) is 13.0 Å². The summed E-state index contributed by atoms with van der Waals surface area (Å²) < 4.78 is 43.7. The lowest BCUT2D eigenvalue weighted by Crippen LogP contribution is -2.44. The van der Waals surface area contributed by atoms with Crippen molar-refractivity contribution in [3.8, 4) is 0 Å². The monoisotopic (exact) mass is 818 g/mol. The van der Waals surface area contributed by atoms with E-state index in [2.05, 4.69) is 31.6 Å². The normalized spacial score (nSPS) is 21.5. The first kappa shape index (κ1) is 39.8. The maximum absolute atomic E-state index is 13.5. The highest BCUT2D eigenvalue weighted by molar-refractivity contribution is 7.18. The summed E-state index contributed by atoms with van der Waals surface area (Å²) >= 11 is 1.53. The molecule has 1 saturated carbocycles. The van der Waals surface area contributed by atoms with Gasteiger partial charge >= 0.3 is 11.9 Å². The molecule has 3 N–H and O–H groups in total. The van der Waals surface area contributed by atoms with Crippen LogP contribution in [0.25, 0.3) is 21.3 Å². The number of amides is 3. The first-order valence-electron chi connectivity index (χ1n) is 19.7. The molecule has 1 atom stereocenters. The molecule has 1 aliphatic carbocycles. The Hall–Kier alpha value is -5.00. The molecule has 1 unspecified atom stereocenters. The molecular weight excluding hydrogens is 774 g/mol. The predicted octanol–water partition coefficient (Wildman–Crippen LogP) is 6.37. The number of imidazole rings is 1. The van der Waals surface area contributed by atoms with Crippen LogP contribution in [0.2, 0.25) is 0 Å². The number of aliphatic hydroxyl groups is 1. The maximum Gasteiger partial charge on any atom is 0.434 e. The van der Waals surface area contributed by atoms with Crippen molar-refractivity contribution in [3.05, 3.63) is 80.7 Å². The van der Waals surface area contributed by atoms with E-state index in [1.165, 1.54) is 11.3 Å². The van der Waals surface area contributed by atoms with Crippen molar-refractivity contribution < 1.29 is 32.7 Å². The fourth-order valence-corrected chi connectivity index (χ4v) is 10.1. The Labute approximate surface area is 335 Å². The van der Waals surface area contributed by atoms with Gasteiger partial charge in [-0.3, -0.25) is 33.8 Å². The number of carbonyl (C=O) groups excluding carboxylic acids is 3. The van der Waals surface area contributed by atoms with Gasteiger partial charge in [0.15, 0.2) is 5.69 Å². The molecule has 13 nitrogen and oxygen atoms in total. The van der Waals surface area contributed by atoms with Crippen LogP contribution in [-0.2, 0) is 28.4 Å². The summed E-state index contributed by atoms with van der Waals surface area (Å²) in [6, 6.07) is 8.67. The van der Waals surface area contributed by atoms with Crippen molar-refractivity contribution in [2.75, 3.05) is 25.0 Å². The van der Waals surface area contributed by atoms with Gasteiger partial charge in [-0.15, -0.1) is 11.3 Å². The molecule has 5 heterocycles. The van der Waals surface area contributed by atoms with Crippen molar-refractivity contribution in [3.63, 3.8) is 0 Å². The quantitative estimate of drug-likeness (QED) is 0.151. The van der Waals surface area contributed by atoms with Gasteiger partial charge in [0.25, 0.3) is 5.91 Å². The summed E-state index contributed by atoms with van der Waals surface area (Å²) in [5.74, 6) is -0.528. The number of nitrogens with zero attached hydrogens (tertiary/aromatic N) is 6. The molecule has 0 radical (unpaired) electrons. The van der Waals surface area contributed by atoms with Crippen LogP contribution >= 0.6 is 11.3 Å². The molecule has 3 fully saturated rings. The summed E-state index contributed by atoms with van der Waals surface area (Å²) in [7, 11) is 1.75. The van der Waals surface area contributed by atoms with E-state index in [0.29, 0.717) is 29.6 Å². The Kier molecular flexibility index (Phi) is 10.5. The maximum atomic E-state index is 13.5. The third-order valence-corrected chi connectivity index (χ3v) is 13.2. The third-order valence-electron chi connectivity index (χ3n) is 12.0. The lowest BCUT2D eigenvalue weighted by molar-refractivity contribution is -0.141. The Morgan fingerprint density at radius 2 is 1.72 bits per heavy atom. The van der Waals surface area contributed by atoms with Crippen LogP contribution in [-0.4, -0.2) is 71.4 Å². The van der Waals surface area contributed by atoms with Crippen LogP contribution in [0, 0.1) is 5.92 Å². The van der Waals surface area contributed by atoms with E-state index in [4.69, 9.17) is 4.98 Å². The van der Waals surface area contributed by atoms with E-state index < -0.39 is 41.0 Å². The van der Waals surface area contributed by atoms with E-state index in [9.17, 15) is 37.5 Å². The zero-order valence-corrected chi connectivity index (χ0v) is 33.3. The second-order valence-corrected chi connectivity index (χ2v) is 17.5. The minimum atomic E-state index is -4.75. The third kappa shape index (κ3) is 7.78. The minimum Gasteiger partial charge on any atom is -0.386 e. The number of rotatable bonds is 8. The van der Waals surface area contributed by atoms with Gasteiger partial charge in [-0.25, -0.2) is 14.8 Å². The number of anilines is 1. The van der Waals surface area contributed by atoms with Crippen LogP contribution in [0.3, 0.4) is 0 Å². The molecule has 3 amide bonds. The van der Waals surface area contributed by atoms with Gasteiger partial charge in [0.1, 0.15) is 11.7 Å². The highest BCUT2D eigenvalue weighted by Gasteiger charge is 2.35. The fraction of sp³-hybridized carbons (Fsp3) is 0.488. The van der Waals surface area contributed by atoms with Crippen LogP contribution in [0.1, 0.15) is 115 Å². The second-order valence-electron chi connectivity index (χ2n) is 16.4. The summed E-state index contributed by atoms with van der Waals surface area (Å²) in [4.78, 5) is 65.5. The number of thiazole rings is 1. The molecule has 2 aliphatic heterocycles. The van der Waals surface area contributed by atoms with E-state index in [1.54, 1.807) is 42.2 Å². The lowest BCUT2D eigenvalue weighted by Gasteiger charge is -2.36. The first-order valence-corrected chi connectivity index (χ1v) is 20.5. The molecule has 3 aliphatic rings. The highest BCUT2D eigenvalue weighted by atomic mass is 32.1. The Balaban J connectivity index is 0.897. The molecule has 306 valence electrons. The van der Waals surface area contributed by atoms with Crippen molar-refractivity contribution in [2.45, 2.75) is 94.9 Å². The Morgan fingerprint density at radius 3 is 2.41 bits per heavy atom. The van der Waals surface area contributed by atoms with E-state index in [-0.39, 0.29) is 35.5 Å². The summed E-state index contributed by atoms with van der Waals surface area (Å²) in [6.45, 7) is 6.05. The molecule has 0 spiro atoms. The number of para-hydroxylation sites is 1. The van der Waals surface area contributed by atoms with Gasteiger partial charge in [-0.2, -0.15) is 13.2 Å². The number of aromatic nitrogens is 5. The van der Waals surface area contributed by atoms with Crippen molar-refractivity contribution in [1.82, 2.24) is 34.3 Å². The average molecular weight is 819 g/mol. The van der Waals surface area contributed by atoms with Crippen LogP contribution in [0.4, 0.5) is 18.9 Å². The van der Waals surface area contributed by atoms with Crippen LogP contribution in [0.5, 0.6) is 0 Å². The summed E-state index contributed by atoms with van der Waals surface area (Å²) in [6.07, 6.45) is 3.28. The largest absolute Gasteiger partial charge is 0.434 e. The number of hydrogen-bond acceptors (Lipinski definition) is 10. The molecule has 17 heteroatoms. The minimum absolute atomic E-state index is 0.200. The molecule has 58 heavy (non-hydrogen) atoms. The number of fused-ring (bicyclic) bond motifs is 2. The number of benzene rings is 2. The van der Waals surface area contributed by atoms with Crippen molar-refractivity contribution in [1.29, 1.82) is 0 Å². The highest BCUT2D eigenvalue weighted by Crippen LogP contribution is 2.42. The van der Waals surface area contributed by atoms with Gasteiger partial charge in [0.05, 0.1) is 44.3 Å². The van der Waals surface area contributed by atoms with Gasteiger partial charge in [-0.05, 0) is 107 Å². The predicted molar refractivity (Wildman–Crippen MR) is 212 cm³/mol. The molecule has 5 aromatic rings. The zero-order chi connectivity index (χ0) is 41.1. The Bertz CT molecular complexity index is 2470. The lowest BCUT2D eigenvalue weighted by atomic mass is 9.81. The number of aryl methyl sites for hydroxylation is 1. The molecule has 3 aromatic heterocycles. The topological polar surface area (TPSA) is 164 Å². The standard InChI is InChI=1S/C41H45F3N8O5S/c1-40(2,57)26-17-28-32(18-27(26)47-36(54)29-19-45-20-33(46-29)41(42,43)44)58-38(48-28)24-9-7-22(8-10-24)21-51-15-13-23(14-16-51)25-5-4-6-30-35(25)50(3)39(56)52(30)31-11-12-34(53)49-37(31)55/h4-6,17-20,22-24,31,57H,7-16,21H2,1-3H3,(H,47,54)(H,49,53,55)/t22-,24-,31?. The number of halogens is 3. The number of nitrogens with one attached hydrogen (secondary N) is 2. The van der Waals surface area contributed by atoms with Crippen molar-refractivity contribution >= 4 is 56.0 Å². The average Bonchev–Trinajstić information content (AvgIpc) is 3.72. The van der Waals surface area contributed by atoms with E-state index >= 15 is 0 Å². The molecule has 8 rings (SSSR count). The number of hydrogen-bond donors (Lipinski definition) is 3. The summed E-state index contributed by atoms with van der Waals surface area (Å²) in [5, 5.41) is 17.0. The SMILES string of the molecule is Cn1c(=O)n(C2CCC(=O)NC2=O)c2cccc(C3CCN(C[C@H]4CC[C@H](c5nc6cc(C(C)(C)O)c(NC(=O)c7cncc(C(F)(F)F)n7)cc6s5)CC4)CC3)c21. The smallest absolute Gasteiger partial charge is 0.386 e. The molecular formula is C41H45F3N8O5S. The van der Waals surface area contributed by atoms with E-state index in [1.807, 2.05) is 12.1 Å². The zero-order valence-electron chi connectivity index (χ0n) is 32.4. The van der Waals surface area contributed by atoms with Crippen LogP contribution in [0.15, 0.2) is 47.5 Å². The first-order chi connectivity index (χ1) is 27.5. The van der Waals surface area contributed by atoms with Gasteiger partial charge in [-0.1, -0.05) is 12.1 Å². The Morgan fingerprint density at radius 1 is 0.983 bits per heavy atom. The molecule has 0 bridgehead atoms. The van der Waals surface area contributed by atoms with Crippen LogP contribution < -0.4 is 16.3 Å². The molecule has 2 aromatic carbocycles.